The molecule has 3 heteroatoms. The van der Waals surface area contributed by atoms with Gasteiger partial charge in [-0.05, 0) is 55.8 Å². The molecule has 1 aliphatic heterocycles. The van der Waals surface area contributed by atoms with E-state index in [1.165, 1.54) is 42.8 Å². The van der Waals surface area contributed by atoms with Crippen molar-refractivity contribution in [3.63, 3.8) is 0 Å². The summed E-state index contributed by atoms with van der Waals surface area (Å²) in [5, 5.41) is 3.50. The fourth-order valence-electron chi connectivity index (χ4n) is 2.69. The first-order valence-electron chi connectivity index (χ1n) is 8.17. The molecule has 0 amide bonds. The van der Waals surface area contributed by atoms with Crippen LogP contribution in [-0.2, 0) is 6.54 Å². The third kappa shape index (κ3) is 4.20. The summed E-state index contributed by atoms with van der Waals surface area (Å²) in [4.78, 5) is 7.34. The first-order valence-corrected chi connectivity index (χ1v) is 8.17. The predicted octanol–water partition coefficient (Wildman–Crippen LogP) is 3.69. The van der Waals surface area contributed by atoms with Crippen molar-refractivity contribution in [3.8, 4) is 0 Å². The maximum atomic E-state index is 4.88. The molecule has 1 fully saturated rings. The zero-order valence-electron chi connectivity index (χ0n) is 13.3. The summed E-state index contributed by atoms with van der Waals surface area (Å²) < 4.78 is 0. The van der Waals surface area contributed by atoms with Crippen molar-refractivity contribution >= 4 is 5.82 Å². The van der Waals surface area contributed by atoms with E-state index in [0.29, 0.717) is 5.92 Å². The zero-order valence-corrected chi connectivity index (χ0v) is 13.3. The number of nitrogens with one attached hydrogen (secondary N) is 1. The minimum Gasteiger partial charge on any atom is -0.357 e. The van der Waals surface area contributed by atoms with E-state index in [9.17, 15) is 0 Å². The van der Waals surface area contributed by atoms with Crippen LogP contribution in [-0.4, -0.2) is 24.6 Å². The lowest BCUT2D eigenvalue weighted by molar-refractivity contribution is 0.571. The molecule has 0 radical (unpaired) electrons. The molecule has 112 valence electrons. The Bertz CT molecular complexity index is 409. The summed E-state index contributed by atoms with van der Waals surface area (Å²) in [6.45, 7) is 11.0. The SMILES string of the molecule is CCCNCc1cc(C(C)C)nc(N2CCCCC2)c1. The average Bonchev–Trinajstić information content (AvgIpc) is 2.48. The number of hydrogen-bond acceptors (Lipinski definition) is 3. The summed E-state index contributed by atoms with van der Waals surface area (Å²) in [7, 11) is 0. The van der Waals surface area contributed by atoms with Gasteiger partial charge in [0.1, 0.15) is 5.82 Å². The van der Waals surface area contributed by atoms with Crippen LogP contribution >= 0.6 is 0 Å². The van der Waals surface area contributed by atoms with Crippen LogP contribution in [0.3, 0.4) is 0 Å². The Balaban J connectivity index is 2.16. The molecule has 2 heterocycles. The predicted molar refractivity (Wildman–Crippen MR) is 86.4 cm³/mol. The fraction of sp³-hybridized carbons (Fsp3) is 0.706. The maximum Gasteiger partial charge on any atom is 0.129 e. The van der Waals surface area contributed by atoms with Gasteiger partial charge in [0, 0.05) is 25.3 Å². The van der Waals surface area contributed by atoms with Gasteiger partial charge in [0.2, 0.25) is 0 Å². The second kappa shape index (κ2) is 7.63. The molecule has 2 rings (SSSR count). The van der Waals surface area contributed by atoms with E-state index in [2.05, 4.69) is 43.1 Å². The number of rotatable bonds is 6. The lowest BCUT2D eigenvalue weighted by Crippen LogP contribution is -2.30. The van der Waals surface area contributed by atoms with Gasteiger partial charge in [-0.1, -0.05) is 20.8 Å². The Kier molecular flexibility index (Phi) is 5.84. The molecule has 0 atom stereocenters. The largest absolute Gasteiger partial charge is 0.357 e. The van der Waals surface area contributed by atoms with Crippen molar-refractivity contribution in [3.05, 3.63) is 23.4 Å². The topological polar surface area (TPSA) is 28.2 Å². The number of piperidine rings is 1. The number of nitrogens with zero attached hydrogens (tertiary/aromatic N) is 2. The van der Waals surface area contributed by atoms with Crippen molar-refractivity contribution in [1.82, 2.24) is 10.3 Å². The highest BCUT2D eigenvalue weighted by molar-refractivity contribution is 5.43. The lowest BCUT2D eigenvalue weighted by atomic mass is 10.1. The van der Waals surface area contributed by atoms with Crippen LogP contribution in [0.1, 0.15) is 63.6 Å². The van der Waals surface area contributed by atoms with Gasteiger partial charge in [0.25, 0.3) is 0 Å². The maximum absolute atomic E-state index is 4.88. The van der Waals surface area contributed by atoms with Gasteiger partial charge < -0.3 is 10.2 Å². The Morgan fingerprint density at radius 1 is 1.20 bits per heavy atom. The molecule has 1 saturated heterocycles. The molecular formula is C17H29N3. The molecule has 1 aromatic heterocycles. The summed E-state index contributed by atoms with van der Waals surface area (Å²) in [6.07, 6.45) is 5.15. The Hall–Kier alpha value is -1.09. The molecule has 0 bridgehead atoms. The Morgan fingerprint density at radius 2 is 1.95 bits per heavy atom. The van der Waals surface area contributed by atoms with Gasteiger partial charge in [-0.15, -0.1) is 0 Å². The van der Waals surface area contributed by atoms with E-state index in [-0.39, 0.29) is 0 Å². The van der Waals surface area contributed by atoms with Crippen LogP contribution in [0.5, 0.6) is 0 Å². The third-order valence-corrected chi connectivity index (χ3v) is 3.92. The number of aromatic nitrogens is 1. The van der Waals surface area contributed by atoms with Gasteiger partial charge in [0.15, 0.2) is 0 Å². The summed E-state index contributed by atoms with van der Waals surface area (Å²) in [5.41, 5.74) is 2.60. The van der Waals surface area contributed by atoms with Gasteiger partial charge in [0.05, 0.1) is 0 Å². The fourth-order valence-corrected chi connectivity index (χ4v) is 2.69. The standard InChI is InChI=1S/C17H29N3/c1-4-8-18-13-15-11-16(14(2)3)19-17(12-15)20-9-6-5-7-10-20/h11-12,14,18H,4-10,13H2,1-3H3. The molecule has 0 aromatic carbocycles. The number of pyridine rings is 1. The van der Waals surface area contributed by atoms with E-state index in [4.69, 9.17) is 4.98 Å². The van der Waals surface area contributed by atoms with E-state index < -0.39 is 0 Å². The van der Waals surface area contributed by atoms with Gasteiger partial charge in [-0.25, -0.2) is 4.98 Å². The number of hydrogen-bond donors (Lipinski definition) is 1. The molecular weight excluding hydrogens is 246 g/mol. The Morgan fingerprint density at radius 3 is 2.60 bits per heavy atom. The quantitative estimate of drug-likeness (QED) is 0.802. The highest BCUT2D eigenvalue weighted by Gasteiger charge is 2.14. The summed E-state index contributed by atoms with van der Waals surface area (Å²) in [6, 6.07) is 4.54. The minimum atomic E-state index is 0.490. The monoisotopic (exact) mass is 275 g/mol. The van der Waals surface area contributed by atoms with E-state index in [1.807, 2.05) is 0 Å². The first kappa shape index (κ1) is 15.3. The smallest absolute Gasteiger partial charge is 0.129 e. The molecule has 3 nitrogen and oxygen atoms in total. The second-order valence-electron chi connectivity index (χ2n) is 6.14. The molecule has 0 spiro atoms. The van der Waals surface area contributed by atoms with Crippen molar-refractivity contribution in [1.29, 1.82) is 0 Å². The minimum absolute atomic E-state index is 0.490. The Labute approximate surface area is 123 Å². The molecule has 20 heavy (non-hydrogen) atoms. The van der Waals surface area contributed by atoms with E-state index >= 15 is 0 Å². The number of anilines is 1. The van der Waals surface area contributed by atoms with Crippen LogP contribution < -0.4 is 10.2 Å². The third-order valence-electron chi connectivity index (χ3n) is 3.92. The van der Waals surface area contributed by atoms with E-state index in [1.54, 1.807) is 0 Å². The van der Waals surface area contributed by atoms with Crippen LogP contribution in [0.25, 0.3) is 0 Å². The van der Waals surface area contributed by atoms with Gasteiger partial charge >= 0.3 is 0 Å². The van der Waals surface area contributed by atoms with Gasteiger partial charge in [-0.3, -0.25) is 0 Å². The van der Waals surface area contributed by atoms with E-state index in [0.717, 1.165) is 26.2 Å². The first-order chi connectivity index (χ1) is 9.70. The molecule has 0 saturated carbocycles. The lowest BCUT2D eigenvalue weighted by Gasteiger charge is -2.28. The molecule has 1 N–H and O–H groups in total. The van der Waals surface area contributed by atoms with Crippen molar-refractivity contribution in [2.75, 3.05) is 24.5 Å². The normalized spacial score (nSPS) is 15.9. The van der Waals surface area contributed by atoms with Crippen LogP contribution in [0.15, 0.2) is 12.1 Å². The van der Waals surface area contributed by atoms with Crippen LogP contribution in [0.4, 0.5) is 5.82 Å². The average molecular weight is 275 g/mol. The molecule has 0 aliphatic carbocycles. The molecule has 1 aromatic rings. The van der Waals surface area contributed by atoms with Crippen molar-refractivity contribution in [2.24, 2.45) is 0 Å². The summed E-state index contributed by atoms with van der Waals surface area (Å²) in [5.74, 6) is 1.67. The van der Waals surface area contributed by atoms with Crippen molar-refractivity contribution < 1.29 is 0 Å². The van der Waals surface area contributed by atoms with Gasteiger partial charge in [-0.2, -0.15) is 0 Å². The van der Waals surface area contributed by atoms with Crippen molar-refractivity contribution in [2.45, 2.75) is 58.9 Å². The van der Waals surface area contributed by atoms with Crippen LogP contribution in [0, 0.1) is 0 Å². The highest BCUT2D eigenvalue weighted by Crippen LogP contribution is 2.23. The summed E-state index contributed by atoms with van der Waals surface area (Å²) >= 11 is 0. The zero-order chi connectivity index (χ0) is 14.4. The second-order valence-corrected chi connectivity index (χ2v) is 6.14. The highest BCUT2D eigenvalue weighted by atomic mass is 15.2. The molecule has 1 aliphatic rings. The van der Waals surface area contributed by atoms with Crippen LogP contribution in [0.2, 0.25) is 0 Å². The molecule has 0 unspecified atom stereocenters.